The topological polar surface area (TPSA) is 53.4 Å². The summed E-state index contributed by atoms with van der Waals surface area (Å²) in [6.07, 6.45) is 1.89. The van der Waals surface area contributed by atoms with Crippen LogP contribution in [-0.2, 0) is 0 Å². The Morgan fingerprint density at radius 2 is 2.31 bits per heavy atom. The van der Waals surface area contributed by atoms with Crippen molar-refractivity contribution in [1.29, 1.82) is 0 Å². The maximum atomic E-state index is 11.1. The number of amides is 1. The molecule has 1 aromatic heterocycles. The maximum absolute atomic E-state index is 11.1. The summed E-state index contributed by atoms with van der Waals surface area (Å²) < 4.78 is 0. The van der Waals surface area contributed by atoms with Gasteiger partial charge in [0.2, 0.25) is 0 Å². The van der Waals surface area contributed by atoms with Crippen molar-refractivity contribution in [2.75, 3.05) is 6.54 Å². The summed E-state index contributed by atoms with van der Waals surface area (Å²) in [6.45, 7) is 0.578. The van der Waals surface area contributed by atoms with Gasteiger partial charge in [-0.1, -0.05) is 17.7 Å². The Hall–Kier alpha value is -1.29. The molecule has 1 aliphatic heterocycles. The number of carboxylic acid groups (broad SMARTS) is 1. The molecule has 1 N–H and O–H groups in total. The average Bonchev–Trinajstić information content (AvgIpc) is 2.29. The van der Waals surface area contributed by atoms with Crippen molar-refractivity contribution in [3.8, 4) is 0 Å². The number of piperidine rings is 1. The molecule has 0 spiro atoms. The molecule has 1 atom stereocenters. The highest BCUT2D eigenvalue weighted by Crippen LogP contribution is 2.30. The number of nitrogens with zero attached hydrogens (tertiary/aromatic N) is 2. The van der Waals surface area contributed by atoms with E-state index in [1.807, 2.05) is 6.07 Å². The molecule has 2 heterocycles. The van der Waals surface area contributed by atoms with Gasteiger partial charge >= 0.3 is 6.09 Å². The van der Waals surface area contributed by atoms with E-state index in [9.17, 15) is 4.79 Å². The second-order valence-electron chi connectivity index (χ2n) is 3.87. The van der Waals surface area contributed by atoms with Crippen molar-refractivity contribution in [2.24, 2.45) is 0 Å². The van der Waals surface area contributed by atoms with Crippen LogP contribution >= 0.6 is 11.6 Å². The number of rotatable bonds is 1. The van der Waals surface area contributed by atoms with Crippen LogP contribution < -0.4 is 0 Å². The molecule has 0 aromatic carbocycles. The molecule has 1 fully saturated rings. The molecule has 4 nitrogen and oxygen atoms in total. The monoisotopic (exact) mass is 240 g/mol. The van der Waals surface area contributed by atoms with Gasteiger partial charge in [-0.05, 0) is 31.4 Å². The zero-order valence-corrected chi connectivity index (χ0v) is 9.52. The zero-order valence-electron chi connectivity index (χ0n) is 8.77. The lowest BCUT2D eigenvalue weighted by atomic mass is 9.99. The molecule has 0 saturated carbocycles. The number of halogens is 1. The van der Waals surface area contributed by atoms with E-state index in [-0.39, 0.29) is 6.04 Å². The van der Waals surface area contributed by atoms with Crippen LogP contribution in [0.3, 0.4) is 0 Å². The molecule has 0 aliphatic carbocycles. The van der Waals surface area contributed by atoms with E-state index in [0.717, 1.165) is 25.0 Å². The molecule has 1 aromatic rings. The first-order valence-corrected chi connectivity index (χ1v) is 5.68. The van der Waals surface area contributed by atoms with Gasteiger partial charge in [0.05, 0.1) is 11.7 Å². The first-order chi connectivity index (χ1) is 7.68. The highest BCUT2D eigenvalue weighted by molar-refractivity contribution is 6.29. The number of hydrogen-bond donors (Lipinski definition) is 1. The Morgan fingerprint density at radius 3 is 3.00 bits per heavy atom. The van der Waals surface area contributed by atoms with Crippen LogP contribution in [0.15, 0.2) is 18.2 Å². The normalized spacial score (nSPS) is 20.8. The van der Waals surface area contributed by atoms with Gasteiger partial charge in [0.25, 0.3) is 0 Å². The number of likely N-dealkylation sites (tertiary alicyclic amines) is 1. The molecular formula is C11H13ClN2O2. The summed E-state index contributed by atoms with van der Waals surface area (Å²) in [5, 5.41) is 9.52. The van der Waals surface area contributed by atoms with E-state index < -0.39 is 6.09 Å². The number of carbonyl (C=O) groups is 1. The van der Waals surface area contributed by atoms with E-state index in [1.54, 1.807) is 12.1 Å². The van der Waals surface area contributed by atoms with Crippen LogP contribution in [-0.4, -0.2) is 27.6 Å². The summed E-state index contributed by atoms with van der Waals surface area (Å²) in [5.74, 6) is 0. The van der Waals surface area contributed by atoms with Crippen LogP contribution in [0.5, 0.6) is 0 Å². The predicted molar refractivity (Wildman–Crippen MR) is 60.6 cm³/mol. The van der Waals surface area contributed by atoms with Gasteiger partial charge < -0.3 is 5.11 Å². The minimum atomic E-state index is -0.883. The molecule has 2 rings (SSSR count). The predicted octanol–water partition coefficient (Wildman–Crippen LogP) is 2.94. The van der Waals surface area contributed by atoms with Crippen LogP contribution in [0.1, 0.15) is 31.0 Å². The first-order valence-electron chi connectivity index (χ1n) is 5.30. The first kappa shape index (κ1) is 11.2. The molecule has 1 amide bonds. The smallest absolute Gasteiger partial charge is 0.407 e. The Balaban J connectivity index is 2.26. The summed E-state index contributed by atoms with van der Waals surface area (Å²) in [5.41, 5.74) is 0.745. The van der Waals surface area contributed by atoms with Crippen molar-refractivity contribution in [1.82, 2.24) is 9.88 Å². The van der Waals surface area contributed by atoms with Crippen LogP contribution in [0, 0.1) is 0 Å². The molecule has 86 valence electrons. The van der Waals surface area contributed by atoms with Crippen molar-refractivity contribution in [3.63, 3.8) is 0 Å². The second-order valence-corrected chi connectivity index (χ2v) is 4.26. The van der Waals surface area contributed by atoms with Crippen LogP contribution in [0.2, 0.25) is 5.15 Å². The van der Waals surface area contributed by atoms with Gasteiger partial charge in [-0.15, -0.1) is 0 Å². The van der Waals surface area contributed by atoms with Crippen molar-refractivity contribution < 1.29 is 9.90 Å². The summed E-state index contributed by atoms with van der Waals surface area (Å²) in [6, 6.07) is 5.18. The van der Waals surface area contributed by atoms with Gasteiger partial charge in [-0.25, -0.2) is 9.78 Å². The highest BCUT2D eigenvalue weighted by atomic mass is 35.5. The fourth-order valence-electron chi connectivity index (χ4n) is 2.08. The fourth-order valence-corrected chi connectivity index (χ4v) is 2.25. The quantitative estimate of drug-likeness (QED) is 0.768. The standard InChI is InChI=1S/C11H13ClN2O2/c12-10-6-3-4-8(13-10)9-5-1-2-7-14(9)11(15)16/h3-4,6,9H,1-2,5,7H2,(H,15,16). The molecule has 5 heteroatoms. The molecule has 0 bridgehead atoms. The van der Waals surface area contributed by atoms with Gasteiger partial charge in [-0.2, -0.15) is 0 Å². The maximum Gasteiger partial charge on any atom is 0.407 e. The van der Waals surface area contributed by atoms with Gasteiger partial charge in [0, 0.05) is 6.54 Å². The highest BCUT2D eigenvalue weighted by Gasteiger charge is 2.28. The van der Waals surface area contributed by atoms with Crippen molar-refractivity contribution in [2.45, 2.75) is 25.3 Å². The van der Waals surface area contributed by atoms with E-state index in [0.29, 0.717) is 11.7 Å². The second kappa shape index (κ2) is 4.70. The molecule has 1 unspecified atom stereocenters. The Bertz CT molecular complexity index is 397. The lowest BCUT2D eigenvalue weighted by molar-refractivity contribution is 0.105. The van der Waals surface area contributed by atoms with Gasteiger partial charge in [0.15, 0.2) is 0 Å². The molecule has 1 saturated heterocycles. The molecule has 16 heavy (non-hydrogen) atoms. The zero-order chi connectivity index (χ0) is 11.5. The molecule has 0 radical (unpaired) electrons. The summed E-state index contributed by atoms with van der Waals surface area (Å²) in [4.78, 5) is 16.7. The summed E-state index contributed by atoms with van der Waals surface area (Å²) >= 11 is 5.81. The lowest BCUT2D eigenvalue weighted by Crippen LogP contribution is -2.37. The average molecular weight is 241 g/mol. The Kier molecular flexibility index (Phi) is 3.29. The number of pyridine rings is 1. The Labute approximate surface area is 98.9 Å². The molecule has 1 aliphatic rings. The minimum absolute atomic E-state index is 0.148. The minimum Gasteiger partial charge on any atom is -0.465 e. The van der Waals surface area contributed by atoms with E-state index in [2.05, 4.69) is 4.98 Å². The third-order valence-corrected chi connectivity index (χ3v) is 3.04. The largest absolute Gasteiger partial charge is 0.465 e. The van der Waals surface area contributed by atoms with Gasteiger partial charge in [0.1, 0.15) is 5.15 Å². The fraction of sp³-hybridized carbons (Fsp3) is 0.455. The van der Waals surface area contributed by atoms with Crippen molar-refractivity contribution >= 4 is 17.7 Å². The van der Waals surface area contributed by atoms with E-state index in [4.69, 9.17) is 16.7 Å². The van der Waals surface area contributed by atoms with Gasteiger partial charge in [-0.3, -0.25) is 4.90 Å². The Morgan fingerprint density at radius 1 is 1.50 bits per heavy atom. The van der Waals surface area contributed by atoms with Crippen molar-refractivity contribution in [3.05, 3.63) is 29.0 Å². The van der Waals surface area contributed by atoms with Crippen LogP contribution in [0.25, 0.3) is 0 Å². The third-order valence-electron chi connectivity index (χ3n) is 2.83. The lowest BCUT2D eigenvalue weighted by Gasteiger charge is -2.33. The summed E-state index contributed by atoms with van der Waals surface area (Å²) in [7, 11) is 0. The number of hydrogen-bond acceptors (Lipinski definition) is 2. The molecular weight excluding hydrogens is 228 g/mol. The number of aromatic nitrogens is 1. The third kappa shape index (κ3) is 2.27. The van der Waals surface area contributed by atoms with Crippen LogP contribution in [0.4, 0.5) is 4.79 Å². The van der Waals surface area contributed by atoms with E-state index >= 15 is 0 Å². The SMILES string of the molecule is O=C(O)N1CCCCC1c1cccc(Cl)n1. The van der Waals surface area contributed by atoms with E-state index in [1.165, 1.54) is 4.90 Å².